The van der Waals surface area contributed by atoms with Gasteiger partial charge >= 0.3 is 0 Å². The third kappa shape index (κ3) is 4.56. The highest BCUT2D eigenvalue weighted by Crippen LogP contribution is 2.31. The van der Waals surface area contributed by atoms with Crippen LogP contribution in [0.5, 0.6) is 0 Å². The van der Waals surface area contributed by atoms with E-state index in [1.807, 2.05) is 0 Å². The second-order valence-electron chi connectivity index (χ2n) is 6.22. The Morgan fingerprint density at radius 3 is 2.63 bits per heavy atom. The second-order valence-corrected chi connectivity index (χ2v) is 8.20. The van der Waals surface area contributed by atoms with Crippen LogP contribution in [0.4, 0.5) is 0 Å². The van der Waals surface area contributed by atoms with Gasteiger partial charge in [0.1, 0.15) is 5.78 Å². The molecule has 19 heavy (non-hydrogen) atoms. The summed E-state index contributed by atoms with van der Waals surface area (Å²) in [5.74, 6) is 1.33. The Morgan fingerprint density at radius 1 is 1.16 bits per heavy atom. The maximum absolute atomic E-state index is 11.7. The second kappa shape index (κ2) is 6.35. The van der Waals surface area contributed by atoms with Crippen LogP contribution in [0.15, 0.2) is 0 Å². The molecule has 1 saturated heterocycles. The fourth-order valence-electron chi connectivity index (χ4n) is 3.47. The van der Waals surface area contributed by atoms with Crippen LogP contribution in [0, 0.1) is 11.8 Å². The molecule has 1 aliphatic heterocycles. The van der Waals surface area contributed by atoms with Crippen molar-refractivity contribution in [1.29, 1.82) is 0 Å². The highest BCUT2D eigenvalue weighted by molar-refractivity contribution is 7.88. The van der Waals surface area contributed by atoms with Crippen molar-refractivity contribution in [3.05, 3.63) is 0 Å². The molecule has 2 aliphatic rings. The fourth-order valence-corrected chi connectivity index (χ4v) is 4.42. The molecular weight excluding hydrogens is 262 g/mol. The van der Waals surface area contributed by atoms with Crippen molar-refractivity contribution in [2.45, 2.75) is 51.4 Å². The van der Waals surface area contributed by atoms with E-state index in [1.54, 1.807) is 4.31 Å². The Kier molecular flexibility index (Phi) is 5.01. The van der Waals surface area contributed by atoms with E-state index in [9.17, 15) is 13.2 Å². The monoisotopic (exact) mass is 287 g/mol. The number of Topliss-reactive ketones (excluding diaryl/α,β-unsaturated/α-hetero) is 1. The molecule has 1 saturated carbocycles. The van der Waals surface area contributed by atoms with Crippen molar-refractivity contribution in [1.82, 2.24) is 4.31 Å². The van der Waals surface area contributed by atoms with Gasteiger partial charge < -0.3 is 0 Å². The van der Waals surface area contributed by atoms with Gasteiger partial charge in [0, 0.05) is 25.9 Å². The van der Waals surface area contributed by atoms with Gasteiger partial charge in [-0.15, -0.1) is 0 Å². The Morgan fingerprint density at radius 2 is 1.89 bits per heavy atom. The smallest absolute Gasteiger partial charge is 0.211 e. The summed E-state index contributed by atoms with van der Waals surface area (Å²) in [6.07, 6.45) is 9.18. The fraction of sp³-hybridized carbons (Fsp3) is 0.929. The molecule has 110 valence electrons. The van der Waals surface area contributed by atoms with E-state index in [2.05, 4.69) is 0 Å². The van der Waals surface area contributed by atoms with Crippen LogP contribution in [0.3, 0.4) is 0 Å². The summed E-state index contributed by atoms with van der Waals surface area (Å²) in [6.45, 7) is 1.32. The van der Waals surface area contributed by atoms with Crippen molar-refractivity contribution in [2.24, 2.45) is 11.8 Å². The first kappa shape index (κ1) is 15.0. The Labute approximate surface area is 116 Å². The zero-order valence-corrected chi connectivity index (χ0v) is 12.6. The topological polar surface area (TPSA) is 54.5 Å². The molecule has 1 aliphatic carbocycles. The Hall–Kier alpha value is -0.420. The highest BCUT2D eigenvalue weighted by atomic mass is 32.2. The largest absolute Gasteiger partial charge is 0.300 e. The van der Waals surface area contributed by atoms with Crippen molar-refractivity contribution >= 4 is 15.8 Å². The summed E-state index contributed by atoms with van der Waals surface area (Å²) < 4.78 is 24.8. The van der Waals surface area contributed by atoms with Crippen LogP contribution in [0.25, 0.3) is 0 Å². The number of hydrogen-bond donors (Lipinski definition) is 0. The molecule has 0 aromatic carbocycles. The van der Waals surface area contributed by atoms with Gasteiger partial charge in [0.05, 0.1) is 6.26 Å². The molecule has 2 atom stereocenters. The molecule has 2 rings (SSSR count). The standard InChI is InChI=1S/C14H25NO3S/c1-19(17,18)15-8-4-6-13(11-15)9-12-5-2-3-7-14(16)10-12/h12-13H,2-11H2,1H3. The van der Waals surface area contributed by atoms with E-state index in [4.69, 9.17) is 0 Å². The van der Waals surface area contributed by atoms with E-state index in [1.165, 1.54) is 6.26 Å². The van der Waals surface area contributed by atoms with E-state index in [0.717, 1.165) is 51.4 Å². The van der Waals surface area contributed by atoms with Gasteiger partial charge in [0.2, 0.25) is 10.0 Å². The molecule has 4 nitrogen and oxygen atoms in total. The lowest BCUT2D eigenvalue weighted by molar-refractivity contribution is -0.119. The zero-order valence-electron chi connectivity index (χ0n) is 11.8. The van der Waals surface area contributed by atoms with E-state index in [-0.39, 0.29) is 0 Å². The van der Waals surface area contributed by atoms with Gasteiger partial charge in [-0.25, -0.2) is 12.7 Å². The third-order valence-corrected chi connectivity index (χ3v) is 5.72. The third-order valence-electron chi connectivity index (χ3n) is 4.45. The van der Waals surface area contributed by atoms with Gasteiger partial charge in [0.25, 0.3) is 0 Å². The van der Waals surface area contributed by atoms with Crippen molar-refractivity contribution < 1.29 is 13.2 Å². The summed E-state index contributed by atoms with van der Waals surface area (Å²) in [7, 11) is -3.05. The number of piperidine rings is 1. The summed E-state index contributed by atoms with van der Waals surface area (Å²) in [5.41, 5.74) is 0. The molecule has 1 heterocycles. The number of sulfonamides is 1. The number of carbonyl (C=O) groups is 1. The first-order valence-corrected chi connectivity index (χ1v) is 9.27. The van der Waals surface area contributed by atoms with E-state index >= 15 is 0 Å². The van der Waals surface area contributed by atoms with Crippen LogP contribution in [-0.4, -0.2) is 37.9 Å². The SMILES string of the molecule is CS(=O)(=O)N1CCCC(CC2CCCCC(=O)C2)C1. The molecule has 2 unspecified atom stereocenters. The lowest BCUT2D eigenvalue weighted by Gasteiger charge is -2.32. The molecule has 0 amide bonds. The maximum atomic E-state index is 11.7. The van der Waals surface area contributed by atoms with Gasteiger partial charge in [0.15, 0.2) is 0 Å². The number of hydrogen-bond acceptors (Lipinski definition) is 3. The van der Waals surface area contributed by atoms with Crippen molar-refractivity contribution in [3.8, 4) is 0 Å². The molecule has 2 fully saturated rings. The molecule has 0 N–H and O–H groups in total. The van der Waals surface area contributed by atoms with E-state index in [0.29, 0.717) is 30.7 Å². The first-order chi connectivity index (χ1) is 8.95. The minimum absolute atomic E-state index is 0.401. The average Bonchev–Trinajstić information content (AvgIpc) is 2.53. The van der Waals surface area contributed by atoms with Gasteiger partial charge in [-0.2, -0.15) is 0 Å². The Balaban J connectivity index is 1.89. The molecule has 0 spiro atoms. The lowest BCUT2D eigenvalue weighted by atomic mass is 9.85. The van der Waals surface area contributed by atoms with E-state index < -0.39 is 10.0 Å². The predicted molar refractivity (Wildman–Crippen MR) is 75.3 cm³/mol. The number of rotatable bonds is 3. The van der Waals surface area contributed by atoms with Crippen molar-refractivity contribution in [3.63, 3.8) is 0 Å². The maximum Gasteiger partial charge on any atom is 0.211 e. The van der Waals surface area contributed by atoms with Gasteiger partial charge in [-0.1, -0.05) is 12.8 Å². The van der Waals surface area contributed by atoms with Crippen LogP contribution in [-0.2, 0) is 14.8 Å². The molecule has 0 radical (unpaired) electrons. The minimum atomic E-state index is -3.05. The lowest BCUT2D eigenvalue weighted by Crippen LogP contribution is -2.39. The van der Waals surface area contributed by atoms with Crippen LogP contribution in [0.1, 0.15) is 51.4 Å². The minimum Gasteiger partial charge on any atom is -0.300 e. The van der Waals surface area contributed by atoms with Crippen molar-refractivity contribution in [2.75, 3.05) is 19.3 Å². The zero-order chi connectivity index (χ0) is 13.9. The predicted octanol–water partition coefficient (Wildman–Crippen LogP) is 2.20. The summed E-state index contributed by atoms with van der Waals surface area (Å²) in [6, 6.07) is 0. The first-order valence-electron chi connectivity index (χ1n) is 7.42. The molecule has 0 bridgehead atoms. The number of ketones is 1. The average molecular weight is 287 g/mol. The quantitative estimate of drug-likeness (QED) is 0.748. The molecule has 0 aromatic heterocycles. The summed E-state index contributed by atoms with van der Waals surface area (Å²) in [5, 5.41) is 0. The van der Waals surface area contributed by atoms with Crippen LogP contribution < -0.4 is 0 Å². The number of carbonyl (C=O) groups excluding carboxylic acids is 1. The Bertz CT molecular complexity index is 418. The number of nitrogens with zero attached hydrogens (tertiary/aromatic N) is 1. The molecule has 5 heteroatoms. The van der Waals surface area contributed by atoms with Crippen LogP contribution >= 0.6 is 0 Å². The summed E-state index contributed by atoms with van der Waals surface area (Å²) in [4.78, 5) is 11.7. The van der Waals surface area contributed by atoms with Gasteiger partial charge in [-0.05, 0) is 37.5 Å². The normalized spacial score (nSPS) is 31.1. The highest BCUT2D eigenvalue weighted by Gasteiger charge is 2.28. The molecule has 0 aromatic rings. The summed E-state index contributed by atoms with van der Waals surface area (Å²) >= 11 is 0. The molecular formula is C14H25NO3S. The van der Waals surface area contributed by atoms with Gasteiger partial charge in [-0.3, -0.25) is 4.79 Å². The van der Waals surface area contributed by atoms with Crippen LogP contribution in [0.2, 0.25) is 0 Å².